The number of amides is 1. The molecular weight excluding hydrogens is 320 g/mol. The van der Waals surface area contributed by atoms with Crippen LogP contribution in [0.3, 0.4) is 0 Å². The van der Waals surface area contributed by atoms with Crippen molar-refractivity contribution in [3.63, 3.8) is 0 Å². The number of hydrogen-bond donors (Lipinski definition) is 1. The first-order valence-electron chi connectivity index (χ1n) is 8.50. The minimum atomic E-state index is -0.119. The van der Waals surface area contributed by atoms with E-state index >= 15 is 0 Å². The normalized spacial score (nSPS) is 23.8. The molecule has 1 aromatic heterocycles. The summed E-state index contributed by atoms with van der Waals surface area (Å²) in [5.74, 6) is 0.799. The standard InChI is InChI=1S/C18H22N4O3/c1-24-16-3-4-17(22-6-2-5-19-22)13(7-16)8-21-9-14-11-25-12-15(10-21)20-18(14)23/h2-7,14-15H,8-12H2,1H3,(H,20,23)/t14-,15+/m1/s1. The molecule has 0 saturated carbocycles. The molecule has 7 nitrogen and oxygen atoms in total. The molecule has 132 valence electrons. The van der Waals surface area contributed by atoms with Gasteiger partial charge in [-0.05, 0) is 29.8 Å². The van der Waals surface area contributed by atoms with Crippen molar-refractivity contribution in [2.45, 2.75) is 12.6 Å². The number of nitrogens with zero attached hydrogens (tertiary/aromatic N) is 3. The molecule has 1 N–H and O–H groups in total. The van der Waals surface area contributed by atoms with Crippen molar-refractivity contribution in [2.24, 2.45) is 5.92 Å². The van der Waals surface area contributed by atoms with Crippen molar-refractivity contribution < 1.29 is 14.3 Å². The molecule has 2 bridgehead atoms. The van der Waals surface area contributed by atoms with Gasteiger partial charge in [0.1, 0.15) is 5.75 Å². The van der Waals surface area contributed by atoms with Gasteiger partial charge in [0.25, 0.3) is 0 Å². The van der Waals surface area contributed by atoms with E-state index in [-0.39, 0.29) is 17.9 Å². The fraction of sp³-hybridized carbons (Fsp3) is 0.444. The molecule has 4 rings (SSSR count). The molecule has 25 heavy (non-hydrogen) atoms. The SMILES string of the molecule is COc1ccc(-n2cccn2)c(CN2C[C@H]3COC[C@@H](C2)C(=O)N3)c1. The Balaban J connectivity index is 1.62. The van der Waals surface area contributed by atoms with Crippen molar-refractivity contribution in [3.05, 3.63) is 42.2 Å². The van der Waals surface area contributed by atoms with Crippen molar-refractivity contribution in [1.29, 1.82) is 0 Å². The van der Waals surface area contributed by atoms with Crippen LogP contribution in [0.4, 0.5) is 0 Å². The van der Waals surface area contributed by atoms with Gasteiger partial charge in [-0.2, -0.15) is 5.10 Å². The fourth-order valence-electron chi connectivity index (χ4n) is 3.54. The Bertz CT molecular complexity index is 747. The molecule has 2 aromatic rings. The fourth-order valence-corrected chi connectivity index (χ4v) is 3.54. The molecule has 1 amide bonds. The van der Waals surface area contributed by atoms with Gasteiger partial charge in [-0.3, -0.25) is 9.69 Å². The van der Waals surface area contributed by atoms with Crippen molar-refractivity contribution >= 4 is 5.91 Å². The number of carbonyl (C=O) groups is 1. The van der Waals surface area contributed by atoms with E-state index in [4.69, 9.17) is 9.47 Å². The summed E-state index contributed by atoms with van der Waals surface area (Å²) in [6, 6.07) is 7.95. The van der Waals surface area contributed by atoms with Crippen LogP contribution in [0.15, 0.2) is 36.7 Å². The predicted molar refractivity (Wildman–Crippen MR) is 91.6 cm³/mol. The third-order valence-corrected chi connectivity index (χ3v) is 4.74. The van der Waals surface area contributed by atoms with Crippen LogP contribution in [0, 0.1) is 5.92 Å². The quantitative estimate of drug-likeness (QED) is 0.891. The summed E-state index contributed by atoms with van der Waals surface area (Å²) in [6.45, 7) is 3.26. The lowest BCUT2D eigenvalue weighted by Crippen LogP contribution is -2.41. The van der Waals surface area contributed by atoms with Crippen LogP contribution < -0.4 is 10.1 Å². The highest BCUT2D eigenvalue weighted by Crippen LogP contribution is 2.24. The minimum absolute atomic E-state index is 0.0405. The molecule has 2 aliphatic heterocycles. The van der Waals surface area contributed by atoms with E-state index in [0.29, 0.717) is 19.8 Å². The second kappa shape index (κ2) is 6.85. The summed E-state index contributed by atoms with van der Waals surface area (Å²) in [6.07, 6.45) is 3.70. The van der Waals surface area contributed by atoms with E-state index in [1.54, 1.807) is 13.3 Å². The summed E-state index contributed by atoms with van der Waals surface area (Å²) < 4.78 is 12.9. The lowest BCUT2D eigenvalue weighted by atomic mass is 10.1. The zero-order valence-electron chi connectivity index (χ0n) is 14.2. The third kappa shape index (κ3) is 3.38. The van der Waals surface area contributed by atoms with Crippen LogP contribution in [-0.4, -0.2) is 60.0 Å². The predicted octanol–water partition coefficient (Wildman–Crippen LogP) is 0.828. The van der Waals surface area contributed by atoms with Crippen molar-refractivity contribution in [2.75, 3.05) is 33.4 Å². The monoisotopic (exact) mass is 342 g/mol. The average molecular weight is 342 g/mol. The van der Waals surface area contributed by atoms with Gasteiger partial charge < -0.3 is 14.8 Å². The average Bonchev–Trinajstić information content (AvgIpc) is 3.01. The van der Waals surface area contributed by atoms with Crippen LogP contribution in [0.5, 0.6) is 5.75 Å². The Morgan fingerprint density at radius 2 is 2.28 bits per heavy atom. The van der Waals surface area contributed by atoms with Gasteiger partial charge in [0.2, 0.25) is 5.91 Å². The number of methoxy groups -OCH3 is 1. The maximum atomic E-state index is 12.2. The maximum absolute atomic E-state index is 12.2. The Morgan fingerprint density at radius 1 is 1.36 bits per heavy atom. The Hall–Kier alpha value is -2.38. The Labute approximate surface area is 146 Å². The molecule has 2 aliphatic rings. The van der Waals surface area contributed by atoms with Crippen molar-refractivity contribution in [1.82, 2.24) is 20.0 Å². The molecule has 0 spiro atoms. The van der Waals surface area contributed by atoms with Crippen LogP contribution in [0.25, 0.3) is 5.69 Å². The number of aromatic nitrogens is 2. The van der Waals surface area contributed by atoms with Gasteiger partial charge in [0, 0.05) is 32.0 Å². The van der Waals surface area contributed by atoms with Gasteiger partial charge in [-0.1, -0.05) is 0 Å². The van der Waals surface area contributed by atoms with Crippen LogP contribution in [0.1, 0.15) is 5.56 Å². The van der Waals surface area contributed by atoms with E-state index in [0.717, 1.165) is 30.1 Å². The minimum Gasteiger partial charge on any atom is -0.497 e. The lowest BCUT2D eigenvalue weighted by molar-refractivity contribution is -0.125. The summed E-state index contributed by atoms with van der Waals surface area (Å²) in [5, 5.41) is 7.43. The largest absolute Gasteiger partial charge is 0.497 e. The summed E-state index contributed by atoms with van der Waals surface area (Å²) in [7, 11) is 1.67. The first-order chi connectivity index (χ1) is 12.2. The second-order valence-electron chi connectivity index (χ2n) is 6.58. The molecule has 2 fully saturated rings. The molecule has 3 heterocycles. The number of fused-ring (bicyclic) bond motifs is 3. The zero-order valence-corrected chi connectivity index (χ0v) is 14.2. The highest BCUT2D eigenvalue weighted by molar-refractivity contribution is 5.80. The van der Waals surface area contributed by atoms with E-state index in [2.05, 4.69) is 15.3 Å². The van der Waals surface area contributed by atoms with E-state index in [1.165, 1.54) is 0 Å². The van der Waals surface area contributed by atoms with Gasteiger partial charge >= 0.3 is 0 Å². The van der Waals surface area contributed by atoms with E-state index < -0.39 is 0 Å². The number of benzene rings is 1. The number of rotatable bonds is 4. The highest BCUT2D eigenvalue weighted by atomic mass is 16.5. The maximum Gasteiger partial charge on any atom is 0.227 e. The van der Waals surface area contributed by atoms with Gasteiger partial charge in [0.05, 0.1) is 38.0 Å². The molecule has 1 aromatic carbocycles. The molecular formula is C18H22N4O3. The molecule has 2 saturated heterocycles. The van der Waals surface area contributed by atoms with E-state index in [9.17, 15) is 4.79 Å². The smallest absolute Gasteiger partial charge is 0.227 e. The molecule has 0 aliphatic carbocycles. The molecule has 7 heteroatoms. The van der Waals surface area contributed by atoms with Crippen molar-refractivity contribution in [3.8, 4) is 11.4 Å². The van der Waals surface area contributed by atoms with Crippen LogP contribution in [-0.2, 0) is 16.1 Å². The van der Waals surface area contributed by atoms with Gasteiger partial charge in [0.15, 0.2) is 0 Å². The molecule has 2 atom stereocenters. The molecule has 0 unspecified atom stereocenters. The lowest BCUT2D eigenvalue weighted by Gasteiger charge is -2.28. The van der Waals surface area contributed by atoms with Gasteiger partial charge in [-0.25, -0.2) is 4.68 Å². The number of nitrogens with one attached hydrogen (secondary N) is 1. The molecule has 0 radical (unpaired) electrons. The highest BCUT2D eigenvalue weighted by Gasteiger charge is 2.33. The van der Waals surface area contributed by atoms with E-state index in [1.807, 2.05) is 35.1 Å². The van der Waals surface area contributed by atoms with Gasteiger partial charge in [-0.15, -0.1) is 0 Å². The topological polar surface area (TPSA) is 68.6 Å². The number of ether oxygens (including phenoxy) is 2. The first-order valence-corrected chi connectivity index (χ1v) is 8.50. The summed E-state index contributed by atoms with van der Waals surface area (Å²) in [5.41, 5.74) is 2.15. The Morgan fingerprint density at radius 3 is 3.08 bits per heavy atom. The summed E-state index contributed by atoms with van der Waals surface area (Å²) in [4.78, 5) is 14.5. The summed E-state index contributed by atoms with van der Waals surface area (Å²) >= 11 is 0. The third-order valence-electron chi connectivity index (χ3n) is 4.74. The zero-order chi connectivity index (χ0) is 17.2. The number of carbonyl (C=O) groups excluding carboxylic acids is 1. The number of hydrogen-bond acceptors (Lipinski definition) is 5. The van der Waals surface area contributed by atoms with Crippen LogP contribution >= 0.6 is 0 Å². The second-order valence-corrected chi connectivity index (χ2v) is 6.58. The Kier molecular flexibility index (Phi) is 4.42. The van der Waals surface area contributed by atoms with Crippen LogP contribution in [0.2, 0.25) is 0 Å². The first kappa shape index (κ1) is 16.1.